The van der Waals surface area contributed by atoms with Gasteiger partial charge in [0.2, 0.25) is 5.91 Å². The van der Waals surface area contributed by atoms with Gasteiger partial charge in [-0.15, -0.1) is 0 Å². The average Bonchev–Trinajstić information content (AvgIpc) is 2.04. The van der Waals surface area contributed by atoms with Crippen molar-refractivity contribution in [3.63, 3.8) is 0 Å². The number of nitrogens with two attached hydrogens (primary N) is 1. The number of amides is 2. The fourth-order valence-corrected chi connectivity index (χ4v) is 1.35. The van der Waals surface area contributed by atoms with E-state index in [1.54, 1.807) is 4.90 Å². The number of ether oxygens (including phenoxy) is 2. The van der Waals surface area contributed by atoms with Crippen LogP contribution < -0.4 is 5.73 Å². The summed E-state index contributed by atoms with van der Waals surface area (Å²) in [6.45, 7) is 6.80. The molecular weight excluding hydrogens is 224 g/mol. The lowest BCUT2D eigenvalue weighted by Crippen LogP contribution is -2.56. The van der Waals surface area contributed by atoms with Crippen LogP contribution in [0.3, 0.4) is 0 Å². The standard InChI is InChI=1S/C11H20N2O4/c1-11(2,3)17-10(15)13-6-8(7-13)16-5-4-9(12)14/h8H,4-7H2,1-3H3,(H2,12,14). The molecule has 6 heteroatoms. The van der Waals surface area contributed by atoms with Crippen molar-refractivity contribution >= 4 is 12.0 Å². The third kappa shape index (κ3) is 5.04. The molecule has 98 valence electrons. The Morgan fingerprint density at radius 1 is 1.35 bits per heavy atom. The monoisotopic (exact) mass is 244 g/mol. The van der Waals surface area contributed by atoms with Gasteiger partial charge >= 0.3 is 6.09 Å². The summed E-state index contributed by atoms with van der Waals surface area (Å²) in [5.74, 6) is -0.381. The van der Waals surface area contributed by atoms with Crippen molar-refractivity contribution in [1.29, 1.82) is 0 Å². The summed E-state index contributed by atoms with van der Waals surface area (Å²) in [6.07, 6.45) is -0.128. The molecule has 1 heterocycles. The number of rotatable bonds is 4. The Morgan fingerprint density at radius 3 is 2.41 bits per heavy atom. The fraction of sp³-hybridized carbons (Fsp3) is 0.818. The molecule has 1 saturated heterocycles. The molecule has 1 aliphatic heterocycles. The Morgan fingerprint density at radius 2 is 1.94 bits per heavy atom. The number of carbonyl (C=O) groups is 2. The molecule has 0 aromatic rings. The lowest BCUT2D eigenvalue weighted by molar-refractivity contribution is -0.121. The predicted molar refractivity (Wildman–Crippen MR) is 61.4 cm³/mol. The van der Waals surface area contributed by atoms with Crippen LogP contribution in [-0.4, -0.2) is 48.3 Å². The van der Waals surface area contributed by atoms with Gasteiger partial charge in [-0.1, -0.05) is 0 Å². The Balaban J connectivity index is 2.14. The Labute approximate surface area is 101 Å². The summed E-state index contributed by atoms with van der Waals surface area (Å²) in [5, 5.41) is 0. The second kappa shape index (κ2) is 5.35. The van der Waals surface area contributed by atoms with Crippen LogP contribution in [0.4, 0.5) is 4.79 Å². The molecule has 6 nitrogen and oxygen atoms in total. The van der Waals surface area contributed by atoms with Crippen molar-refractivity contribution in [3.05, 3.63) is 0 Å². The molecule has 1 aliphatic rings. The van der Waals surface area contributed by atoms with E-state index in [4.69, 9.17) is 15.2 Å². The second-order valence-corrected chi connectivity index (χ2v) is 5.09. The second-order valence-electron chi connectivity index (χ2n) is 5.09. The minimum atomic E-state index is -0.477. The van der Waals surface area contributed by atoms with Gasteiger partial charge in [0.25, 0.3) is 0 Å². The molecule has 0 bridgehead atoms. The molecule has 2 N–H and O–H groups in total. The molecule has 0 aromatic carbocycles. The van der Waals surface area contributed by atoms with E-state index in [2.05, 4.69) is 0 Å². The highest BCUT2D eigenvalue weighted by atomic mass is 16.6. The molecule has 2 amide bonds. The third-order valence-corrected chi connectivity index (χ3v) is 2.20. The first kappa shape index (κ1) is 13.8. The number of carbonyl (C=O) groups excluding carboxylic acids is 2. The van der Waals surface area contributed by atoms with E-state index in [0.29, 0.717) is 19.7 Å². The van der Waals surface area contributed by atoms with Gasteiger partial charge in [-0.3, -0.25) is 4.79 Å². The zero-order valence-electron chi connectivity index (χ0n) is 10.6. The molecule has 0 atom stereocenters. The number of likely N-dealkylation sites (tertiary alicyclic amines) is 1. The van der Waals surface area contributed by atoms with Gasteiger partial charge in [-0.05, 0) is 20.8 Å². The van der Waals surface area contributed by atoms with Crippen molar-refractivity contribution in [3.8, 4) is 0 Å². The summed E-state index contributed by atoms with van der Waals surface area (Å²) in [5.41, 5.74) is 4.50. The smallest absolute Gasteiger partial charge is 0.410 e. The summed E-state index contributed by atoms with van der Waals surface area (Å²) < 4.78 is 10.5. The highest BCUT2D eigenvalue weighted by Crippen LogP contribution is 2.17. The molecule has 0 saturated carbocycles. The number of hydrogen-bond acceptors (Lipinski definition) is 4. The van der Waals surface area contributed by atoms with E-state index in [0.717, 1.165) is 0 Å². The molecule has 1 rings (SSSR count). The van der Waals surface area contributed by atoms with Gasteiger partial charge in [-0.2, -0.15) is 0 Å². The molecule has 1 fully saturated rings. The van der Waals surface area contributed by atoms with Crippen molar-refractivity contribution in [2.24, 2.45) is 5.73 Å². The number of primary amides is 1. The lowest BCUT2D eigenvalue weighted by atomic mass is 10.1. The third-order valence-electron chi connectivity index (χ3n) is 2.20. The zero-order valence-corrected chi connectivity index (χ0v) is 10.6. The molecule has 17 heavy (non-hydrogen) atoms. The predicted octanol–water partition coefficient (Wildman–Crippen LogP) is 0.498. The number of nitrogens with zero attached hydrogens (tertiary/aromatic N) is 1. The largest absolute Gasteiger partial charge is 0.444 e. The van der Waals surface area contributed by atoms with E-state index in [1.165, 1.54) is 0 Å². The van der Waals surface area contributed by atoms with Gasteiger partial charge in [0.1, 0.15) is 5.60 Å². The normalized spacial score (nSPS) is 16.5. The molecule has 0 aliphatic carbocycles. The van der Waals surface area contributed by atoms with Crippen LogP contribution in [-0.2, 0) is 14.3 Å². The quantitative estimate of drug-likeness (QED) is 0.780. The minimum Gasteiger partial charge on any atom is -0.444 e. The van der Waals surface area contributed by atoms with Crippen molar-refractivity contribution in [1.82, 2.24) is 4.90 Å². The summed E-state index contributed by atoms with van der Waals surface area (Å²) >= 11 is 0. The average molecular weight is 244 g/mol. The van der Waals surface area contributed by atoms with Gasteiger partial charge in [0.15, 0.2) is 0 Å². The topological polar surface area (TPSA) is 81.9 Å². The van der Waals surface area contributed by atoms with Crippen LogP contribution in [0.1, 0.15) is 27.2 Å². The molecule has 0 radical (unpaired) electrons. The van der Waals surface area contributed by atoms with Crippen LogP contribution in [0.5, 0.6) is 0 Å². The highest BCUT2D eigenvalue weighted by Gasteiger charge is 2.34. The van der Waals surface area contributed by atoms with Crippen molar-refractivity contribution < 1.29 is 19.1 Å². The highest BCUT2D eigenvalue weighted by molar-refractivity contribution is 5.73. The summed E-state index contributed by atoms with van der Waals surface area (Å²) in [7, 11) is 0. The van der Waals surface area contributed by atoms with E-state index in [-0.39, 0.29) is 24.5 Å². The maximum Gasteiger partial charge on any atom is 0.410 e. The fourth-order valence-electron chi connectivity index (χ4n) is 1.35. The molecule has 0 spiro atoms. The van der Waals surface area contributed by atoms with E-state index in [1.807, 2.05) is 20.8 Å². The van der Waals surface area contributed by atoms with Crippen LogP contribution in [0.2, 0.25) is 0 Å². The SMILES string of the molecule is CC(C)(C)OC(=O)N1CC(OCCC(N)=O)C1. The maximum atomic E-state index is 11.5. The van der Waals surface area contributed by atoms with Gasteiger partial charge in [0.05, 0.1) is 25.8 Å². The Bertz CT molecular complexity index is 292. The van der Waals surface area contributed by atoms with E-state index < -0.39 is 5.60 Å². The first-order valence-electron chi connectivity index (χ1n) is 5.66. The Kier molecular flexibility index (Phi) is 4.34. The summed E-state index contributed by atoms with van der Waals surface area (Å²) in [6, 6.07) is 0. The lowest BCUT2D eigenvalue weighted by Gasteiger charge is -2.39. The van der Waals surface area contributed by atoms with Gasteiger partial charge < -0.3 is 20.1 Å². The van der Waals surface area contributed by atoms with Crippen LogP contribution in [0, 0.1) is 0 Å². The van der Waals surface area contributed by atoms with Crippen molar-refractivity contribution in [2.75, 3.05) is 19.7 Å². The molecule has 0 aromatic heterocycles. The maximum absolute atomic E-state index is 11.5. The zero-order chi connectivity index (χ0) is 13.1. The Hall–Kier alpha value is -1.30. The number of hydrogen-bond donors (Lipinski definition) is 1. The molecular formula is C11H20N2O4. The van der Waals surface area contributed by atoms with Gasteiger partial charge in [-0.25, -0.2) is 4.79 Å². The van der Waals surface area contributed by atoms with Crippen molar-refractivity contribution in [2.45, 2.75) is 38.9 Å². The van der Waals surface area contributed by atoms with Gasteiger partial charge in [0, 0.05) is 6.42 Å². The van der Waals surface area contributed by atoms with E-state index >= 15 is 0 Å². The first-order valence-corrected chi connectivity index (χ1v) is 5.66. The van der Waals surface area contributed by atoms with Crippen LogP contribution >= 0.6 is 0 Å². The van der Waals surface area contributed by atoms with Crippen LogP contribution in [0.25, 0.3) is 0 Å². The summed E-state index contributed by atoms with van der Waals surface area (Å²) in [4.78, 5) is 23.6. The minimum absolute atomic E-state index is 0.0122. The molecule has 0 unspecified atom stereocenters. The van der Waals surface area contributed by atoms with Crippen LogP contribution in [0.15, 0.2) is 0 Å². The van der Waals surface area contributed by atoms with E-state index in [9.17, 15) is 9.59 Å². The first-order chi connectivity index (χ1) is 7.78.